The Bertz CT molecular complexity index is 898. The van der Waals surface area contributed by atoms with Crippen LogP contribution in [0.5, 0.6) is 0 Å². The second-order valence-corrected chi connectivity index (χ2v) is 7.79. The molecule has 8 heteroatoms. The van der Waals surface area contributed by atoms with Gasteiger partial charge < -0.3 is 5.32 Å². The van der Waals surface area contributed by atoms with E-state index >= 15 is 0 Å². The number of nitrogens with one attached hydrogen (secondary N) is 1. The largest absolute Gasteiger partial charge is 0.359 e. The molecule has 3 aromatic rings. The van der Waals surface area contributed by atoms with E-state index in [1.165, 1.54) is 35.2 Å². The molecule has 0 aliphatic heterocycles. The van der Waals surface area contributed by atoms with Crippen molar-refractivity contribution in [2.75, 3.05) is 11.6 Å². The summed E-state index contributed by atoms with van der Waals surface area (Å²) < 4.78 is 13.3. The second kappa shape index (κ2) is 7.68. The Hall–Kier alpha value is -1.70. The maximum absolute atomic E-state index is 13.3. The summed E-state index contributed by atoms with van der Waals surface area (Å²) in [5.74, 6) is -0.375. The summed E-state index contributed by atoms with van der Waals surface area (Å²) in [6, 6.07) is 6.45. The Morgan fingerprint density at radius 3 is 2.64 bits per heavy atom. The first-order chi connectivity index (χ1) is 12.0. The standard InChI is InChI=1S/C17H16ClFN4S2/c1-9(2)21-16-20-8-15(25-16)14-7-13(22-17(23-14)24-3)11-5-4-10(19)6-12(11)18/h4-9H,1-3H3,(H,20,21). The lowest BCUT2D eigenvalue weighted by Gasteiger charge is -2.08. The van der Waals surface area contributed by atoms with Crippen LogP contribution in [0, 0.1) is 5.82 Å². The third kappa shape index (κ3) is 4.29. The van der Waals surface area contributed by atoms with Crippen molar-refractivity contribution in [1.29, 1.82) is 0 Å². The summed E-state index contributed by atoms with van der Waals surface area (Å²) in [5.41, 5.74) is 2.10. The predicted molar refractivity (Wildman–Crippen MR) is 104 cm³/mol. The monoisotopic (exact) mass is 394 g/mol. The summed E-state index contributed by atoms with van der Waals surface area (Å²) in [4.78, 5) is 14.4. The van der Waals surface area contributed by atoms with Gasteiger partial charge in [-0.25, -0.2) is 19.3 Å². The zero-order valence-corrected chi connectivity index (χ0v) is 16.3. The molecule has 0 aliphatic carbocycles. The molecular formula is C17H16ClFN4S2. The van der Waals surface area contributed by atoms with E-state index in [1.807, 2.05) is 12.3 Å². The highest BCUT2D eigenvalue weighted by atomic mass is 35.5. The number of hydrogen-bond donors (Lipinski definition) is 1. The molecule has 25 heavy (non-hydrogen) atoms. The van der Waals surface area contributed by atoms with Gasteiger partial charge >= 0.3 is 0 Å². The van der Waals surface area contributed by atoms with Gasteiger partial charge in [0.1, 0.15) is 5.82 Å². The zero-order valence-electron chi connectivity index (χ0n) is 13.9. The fourth-order valence-corrected chi connectivity index (χ4v) is 3.75. The van der Waals surface area contributed by atoms with E-state index in [0.29, 0.717) is 27.5 Å². The molecular weight excluding hydrogens is 379 g/mol. The highest BCUT2D eigenvalue weighted by Crippen LogP contribution is 2.34. The number of rotatable bonds is 5. The van der Waals surface area contributed by atoms with Crippen LogP contribution in [-0.4, -0.2) is 27.2 Å². The van der Waals surface area contributed by atoms with Crippen LogP contribution in [0.15, 0.2) is 35.6 Å². The summed E-state index contributed by atoms with van der Waals surface area (Å²) in [6.07, 6.45) is 3.70. The minimum Gasteiger partial charge on any atom is -0.359 e. The van der Waals surface area contributed by atoms with Crippen molar-refractivity contribution in [2.45, 2.75) is 25.0 Å². The van der Waals surface area contributed by atoms with Gasteiger partial charge in [-0.2, -0.15) is 0 Å². The van der Waals surface area contributed by atoms with Crippen molar-refractivity contribution < 1.29 is 4.39 Å². The van der Waals surface area contributed by atoms with Crippen molar-refractivity contribution >= 4 is 39.8 Å². The molecule has 0 radical (unpaired) electrons. The fourth-order valence-electron chi connectivity index (χ4n) is 2.18. The number of hydrogen-bond acceptors (Lipinski definition) is 6. The maximum atomic E-state index is 13.3. The van der Waals surface area contributed by atoms with Crippen LogP contribution in [0.25, 0.3) is 21.8 Å². The quantitative estimate of drug-likeness (QED) is 0.450. The van der Waals surface area contributed by atoms with Gasteiger partial charge in [-0.05, 0) is 44.4 Å². The SMILES string of the molecule is CSc1nc(-c2cnc(NC(C)C)s2)cc(-c2ccc(F)cc2Cl)n1. The third-order valence-corrected chi connectivity index (χ3v) is 5.08. The maximum Gasteiger partial charge on any atom is 0.188 e. The predicted octanol–water partition coefficient (Wildman–Crippen LogP) is 5.60. The Morgan fingerprint density at radius 2 is 1.96 bits per heavy atom. The van der Waals surface area contributed by atoms with Crippen molar-refractivity contribution in [3.63, 3.8) is 0 Å². The molecule has 0 aliphatic rings. The first-order valence-corrected chi connectivity index (χ1v) is 9.99. The second-order valence-electron chi connectivity index (χ2n) is 5.58. The minimum absolute atomic E-state index is 0.305. The fraction of sp³-hybridized carbons (Fsp3) is 0.235. The minimum atomic E-state index is -0.375. The summed E-state index contributed by atoms with van der Waals surface area (Å²) in [5, 5.41) is 5.07. The van der Waals surface area contributed by atoms with Crippen LogP contribution in [0.1, 0.15) is 13.8 Å². The Balaban J connectivity index is 2.04. The topological polar surface area (TPSA) is 50.7 Å². The highest BCUT2D eigenvalue weighted by molar-refractivity contribution is 7.98. The lowest BCUT2D eigenvalue weighted by molar-refractivity contribution is 0.628. The third-order valence-electron chi connectivity index (χ3n) is 3.27. The normalized spacial score (nSPS) is 11.1. The van der Waals surface area contributed by atoms with Crippen molar-refractivity contribution in [1.82, 2.24) is 15.0 Å². The highest BCUT2D eigenvalue weighted by Gasteiger charge is 2.13. The summed E-state index contributed by atoms with van der Waals surface area (Å²) in [6.45, 7) is 4.12. The van der Waals surface area contributed by atoms with Crippen molar-refractivity contribution in [3.8, 4) is 21.8 Å². The lowest BCUT2D eigenvalue weighted by atomic mass is 10.1. The van der Waals surface area contributed by atoms with Crippen LogP contribution in [0.4, 0.5) is 9.52 Å². The Kier molecular flexibility index (Phi) is 5.56. The van der Waals surface area contributed by atoms with E-state index in [0.717, 1.165) is 15.7 Å². The molecule has 3 rings (SSSR count). The molecule has 0 fully saturated rings. The molecule has 130 valence electrons. The van der Waals surface area contributed by atoms with E-state index in [-0.39, 0.29) is 5.82 Å². The van der Waals surface area contributed by atoms with Gasteiger partial charge in [-0.3, -0.25) is 0 Å². The van der Waals surface area contributed by atoms with Crippen molar-refractivity contribution in [3.05, 3.63) is 41.3 Å². The van der Waals surface area contributed by atoms with Gasteiger partial charge in [0, 0.05) is 17.8 Å². The number of aromatic nitrogens is 3. The average molecular weight is 395 g/mol. The van der Waals surface area contributed by atoms with Gasteiger partial charge in [0.15, 0.2) is 10.3 Å². The van der Waals surface area contributed by atoms with Crippen molar-refractivity contribution in [2.24, 2.45) is 0 Å². The lowest BCUT2D eigenvalue weighted by Crippen LogP contribution is -2.08. The van der Waals surface area contributed by atoms with Crippen LogP contribution in [0.2, 0.25) is 5.02 Å². The summed E-state index contributed by atoms with van der Waals surface area (Å²) >= 11 is 9.16. The molecule has 0 saturated heterocycles. The molecule has 1 N–H and O–H groups in total. The van der Waals surface area contributed by atoms with Gasteiger partial charge in [-0.1, -0.05) is 34.7 Å². The first kappa shape index (κ1) is 18.1. The van der Waals surface area contributed by atoms with Crippen LogP contribution in [-0.2, 0) is 0 Å². The number of nitrogens with zero attached hydrogens (tertiary/aromatic N) is 3. The van der Waals surface area contributed by atoms with Gasteiger partial charge in [0.25, 0.3) is 0 Å². The van der Waals surface area contributed by atoms with Gasteiger partial charge in [0.05, 0.1) is 21.3 Å². The number of thioether (sulfide) groups is 1. The van der Waals surface area contributed by atoms with Crippen LogP contribution in [0.3, 0.4) is 0 Å². The molecule has 4 nitrogen and oxygen atoms in total. The molecule has 1 aromatic carbocycles. The van der Waals surface area contributed by atoms with Crippen LogP contribution < -0.4 is 5.32 Å². The molecule has 0 bridgehead atoms. The van der Waals surface area contributed by atoms with E-state index in [4.69, 9.17) is 11.6 Å². The van der Waals surface area contributed by atoms with E-state index < -0.39 is 0 Å². The molecule has 0 saturated carbocycles. The van der Waals surface area contributed by atoms with Gasteiger partial charge in [-0.15, -0.1) is 0 Å². The van der Waals surface area contributed by atoms with E-state index in [2.05, 4.69) is 34.1 Å². The number of benzene rings is 1. The van der Waals surface area contributed by atoms with Crippen LogP contribution >= 0.6 is 34.7 Å². The molecule has 2 heterocycles. The molecule has 0 atom stereocenters. The summed E-state index contributed by atoms with van der Waals surface area (Å²) in [7, 11) is 0. The van der Waals surface area contributed by atoms with E-state index in [9.17, 15) is 4.39 Å². The zero-order chi connectivity index (χ0) is 18.0. The van der Waals surface area contributed by atoms with E-state index in [1.54, 1.807) is 12.3 Å². The Morgan fingerprint density at radius 1 is 1.20 bits per heavy atom. The number of anilines is 1. The number of thiazole rings is 1. The Labute approximate surface area is 158 Å². The molecule has 0 amide bonds. The molecule has 2 aromatic heterocycles. The first-order valence-electron chi connectivity index (χ1n) is 7.57. The smallest absolute Gasteiger partial charge is 0.188 e. The average Bonchev–Trinajstić information content (AvgIpc) is 3.02. The van der Waals surface area contributed by atoms with Gasteiger partial charge in [0.2, 0.25) is 0 Å². The number of halogens is 2. The molecule has 0 unspecified atom stereocenters. The molecule has 0 spiro atoms.